The number of imidazole rings is 1. The molecule has 0 unspecified atom stereocenters. The lowest BCUT2D eigenvalue weighted by Crippen LogP contribution is -2.22. The molecular formula is C16H13N5O2S2. The van der Waals surface area contributed by atoms with E-state index in [0.717, 1.165) is 0 Å². The number of aromatic hydroxyl groups is 1. The summed E-state index contributed by atoms with van der Waals surface area (Å²) in [6.07, 6.45) is 1.59. The average molecular weight is 371 g/mol. The van der Waals surface area contributed by atoms with Crippen LogP contribution in [-0.4, -0.2) is 30.9 Å². The van der Waals surface area contributed by atoms with Crippen LogP contribution in [0.5, 0.6) is 5.88 Å². The van der Waals surface area contributed by atoms with Crippen LogP contribution in [0.2, 0.25) is 0 Å². The molecule has 0 fully saturated rings. The molecule has 9 heteroatoms. The molecule has 0 amide bonds. The summed E-state index contributed by atoms with van der Waals surface area (Å²) in [6.45, 7) is 0. The SMILES string of the molecule is CN=c1sc2c(=O)n(-c3ccccc3)ncc2n2c(=S)n(C)c(O)c12. The van der Waals surface area contributed by atoms with Gasteiger partial charge in [0, 0.05) is 14.1 Å². The Morgan fingerprint density at radius 1 is 1.28 bits per heavy atom. The summed E-state index contributed by atoms with van der Waals surface area (Å²) in [5, 5.41) is 14.7. The number of aromatic nitrogens is 4. The highest BCUT2D eigenvalue weighted by molar-refractivity contribution is 7.71. The number of nitrogens with zero attached hydrogens (tertiary/aromatic N) is 5. The van der Waals surface area contributed by atoms with Crippen LogP contribution in [0.25, 0.3) is 21.4 Å². The van der Waals surface area contributed by atoms with Crippen molar-refractivity contribution in [2.24, 2.45) is 12.0 Å². The Morgan fingerprint density at radius 2 is 2.00 bits per heavy atom. The van der Waals surface area contributed by atoms with Gasteiger partial charge < -0.3 is 5.11 Å². The van der Waals surface area contributed by atoms with Crippen molar-refractivity contribution in [3.05, 3.63) is 56.3 Å². The molecular weight excluding hydrogens is 358 g/mol. The molecule has 0 saturated carbocycles. The lowest BCUT2D eigenvalue weighted by atomic mass is 10.3. The van der Waals surface area contributed by atoms with Crippen molar-refractivity contribution >= 4 is 39.3 Å². The Kier molecular flexibility index (Phi) is 3.55. The van der Waals surface area contributed by atoms with Crippen LogP contribution >= 0.6 is 23.6 Å². The lowest BCUT2D eigenvalue weighted by Gasteiger charge is -2.07. The van der Waals surface area contributed by atoms with Crippen molar-refractivity contribution in [1.29, 1.82) is 0 Å². The third kappa shape index (κ3) is 2.16. The molecule has 0 spiro atoms. The largest absolute Gasteiger partial charge is 0.493 e. The van der Waals surface area contributed by atoms with Gasteiger partial charge in [0.2, 0.25) is 5.88 Å². The summed E-state index contributed by atoms with van der Waals surface area (Å²) >= 11 is 6.62. The number of para-hydroxylation sites is 1. The molecule has 0 bridgehead atoms. The first-order valence-corrected chi connectivity index (χ1v) is 8.61. The van der Waals surface area contributed by atoms with Crippen molar-refractivity contribution in [1.82, 2.24) is 18.7 Å². The van der Waals surface area contributed by atoms with E-state index < -0.39 is 0 Å². The van der Waals surface area contributed by atoms with Gasteiger partial charge in [0.05, 0.1) is 17.4 Å². The molecule has 126 valence electrons. The van der Waals surface area contributed by atoms with Gasteiger partial charge in [-0.1, -0.05) is 18.2 Å². The molecule has 25 heavy (non-hydrogen) atoms. The molecule has 4 aromatic rings. The van der Waals surface area contributed by atoms with E-state index in [1.54, 1.807) is 24.7 Å². The van der Waals surface area contributed by atoms with E-state index in [9.17, 15) is 9.90 Å². The van der Waals surface area contributed by atoms with Gasteiger partial charge >= 0.3 is 0 Å². The Hall–Kier alpha value is -2.78. The lowest BCUT2D eigenvalue weighted by molar-refractivity contribution is 0.436. The summed E-state index contributed by atoms with van der Waals surface area (Å²) in [4.78, 5) is 17.2. The smallest absolute Gasteiger partial charge is 0.291 e. The second kappa shape index (κ2) is 5.64. The summed E-state index contributed by atoms with van der Waals surface area (Å²) < 4.78 is 5.83. The van der Waals surface area contributed by atoms with Crippen LogP contribution in [0.4, 0.5) is 0 Å². The molecule has 0 atom stereocenters. The minimum absolute atomic E-state index is 0.0102. The van der Waals surface area contributed by atoms with Gasteiger partial charge in [0.1, 0.15) is 14.9 Å². The molecule has 0 aliphatic rings. The van der Waals surface area contributed by atoms with Gasteiger partial charge in [-0.15, -0.1) is 11.3 Å². The molecule has 0 aliphatic heterocycles. The zero-order valence-electron chi connectivity index (χ0n) is 13.4. The molecule has 0 aliphatic carbocycles. The van der Waals surface area contributed by atoms with Crippen molar-refractivity contribution in [2.75, 3.05) is 7.05 Å². The maximum absolute atomic E-state index is 13.0. The van der Waals surface area contributed by atoms with E-state index in [2.05, 4.69) is 10.1 Å². The fourth-order valence-electron chi connectivity index (χ4n) is 2.74. The number of hydrogen-bond acceptors (Lipinski definition) is 6. The number of fused-ring (bicyclic) bond motifs is 3. The van der Waals surface area contributed by atoms with Crippen LogP contribution in [0, 0.1) is 4.77 Å². The van der Waals surface area contributed by atoms with E-state index in [1.165, 1.54) is 20.6 Å². The van der Waals surface area contributed by atoms with Crippen LogP contribution < -0.4 is 10.2 Å². The Bertz CT molecular complexity index is 1310. The quantitative estimate of drug-likeness (QED) is 0.519. The van der Waals surface area contributed by atoms with Crippen LogP contribution in [-0.2, 0) is 7.05 Å². The Labute approximate surface area is 150 Å². The molecule has 0 saturated heterocycles. The molecule has 1 aromatic carbocycles. The summed E-state index contributed by atoms with van der Waals surface area (Å²) in [5.41, 5.74) is 1.44. The van der Waals surface area contributed by atoms with E-state index in [0.29, 0.717) is 30.9 Å². The Balaban J connectivity index is 2.24. The second-order valence-corrected chi connectivity index (χ2v) is 6.76. The average Bonchev–Trinajstić information content (AvgIpc) is 2.87. The summed E-state index contributed by atoms with van der Waals surface area (Å²) in [5.74, 6) is 0.0102. The minimum Gasteiger partial charge on any atom is -0.493 e. The van der Waals surface area contributed by atoms with E-state index in [4.69, 9.17) is 12.2 Å². The summed E-state index contributed by atoms with van der Waals surface area (Å²) in [7, 11) is 3.28. The first-order valence-electron chi connectivity index (χ1n) is 7.38. The van der Waals surface area contributed by atoms with Gasteiger partial charge in [0.15, 0.2) is 4.77 Å². The zero-order valence-corrected chi connectivity index (χ0v) is 15.0. The second-order valence-electron chi connectivity index (χ2n) is 5.39. The molecule has 7 nitrogen and oxygen atoms in total. The number of benzene rings is 1. The Morgan fingerprint density at radius 3 is 2.68 bits per heavy atom. The van der Waals surface area contributed by atoms with Crippen LogP contribution in [0.15, 0.2) is 46.3 Å². The predicted octanol–water partition coefficient (Wildman–Crippen LogP) is 2.00. The van der Waals surface area contributed by atoms with E-state index >= 15 is 0 Å². The van der Waals surface area contributed by atoms with Gasteiger partial charge in [0.25, 0.3) is 5.56 Å². The van der Waals surface area contributed by atoms with Gasteiger partial charge in [-0.2, -0.15) is 9.78 Å². The number of rotatable bonds is 1. The maximum atomic E-state index is 13.0. The minimum atomic E-state index is -0.259. The monoisotopic (exact) mass is 371 g/mol. The zero-order chi connectivity index (χ0) is 17.7. The fraction of sp³-hybridized carbons (Fsp3) is 0.125. The standard InChI is InChI=1S/C16H13N5O2S2/c1-17-13-11-14(22)19(2)16(24)20(11)10-8-18-21(15(23)12(10)25-13)9-6-4-3-5-7-9/h3-8,22H,1-2H3. The molecule has 1 N–H and O–H groups in total. The van der Waals surface area contributed by atoms with Crippen molar-refractivity contribution < 1.29 is 5.11 Å². The molecule has 3 aromatic heterocycles. The van der Waals surface area contributed by atoms with E-state index in [-0.39, 0.29) is 11.4 Å². The third-order valence-corrected chi connectivity index (χ3v) is 5.61. The third-order valence-electron chi connectivity index (χ3n) is 3.99. The highest BCUT2D eigenvalue weighted by atomic mass is 32.1. The first kappa shape index (κ1) is 15.7. The normalized spacial score (nSPS) is 12.3. The predicted molar refractivity (Wildman–Crippen MR) is 99.1 cm³/mol. The topological polar surface area (TPSA) is 76.8 Å². The van der Waals surface area contributed by atoms with Crippen LogP contribution in [0.3, 0.4) is 0 Å². The van der Waals surface area contributed by atoms with Crippen molar-refractivity contribution in [2.45, 2.75) is 0 Å². The van der Waals surface area contributed by atoms with E-state index in [1.807, 2.05) is 30.3 Å². The first-order chi connectivity index (χ1) is 12.0. The van der Waals surface area contributed by atoms with Crippen molar-refractivity contribution in [3.8, 4) is 11.6 Å². The van der Waals surface area contributed by atoms with Gasteiger partial charge in [-0.3, -0.25) is 18.8 Å². The molecule has 3 heterocycles. The summed E-state index contributed by atoms with van der Waals surface area (Å²) in [6, 6.07) is 9.20. The number of hydrogen-bond donors (Lipinski definition) is 1. The van der Waals surface area contributed by atoms with Crippen LogP contribution in [0.1, 0.15) is 0 Å². The fourth-order valence-corrected chi connectivity index (χ4v) is 4.01. The molecule has 4 rings (SSSR count). The molecule has 0 radical (unpaired) electrons. The van der Waals surface area contributed by atoms with Crippen molar-refractivity contribution in [3.63, 3.8) is 0 Å². The van der Waals surface area contributed by atoms with Gasteiger partial charge in [-0.25, -0.2) is 0 Å². The highest BCUT2D eigenvalue weighted by Crippen LogP contribution is 2.23. The van der Waals surface area contributed by atoms with Gasteiger partial charge in [-0.05, 0) is 24.4 Å². The maximum Gasteiger partial charge on any atom is 0.291 e. The highest BCUT2D eigenvalue weighted by Gasteiger charge is 2.17.